The number of fused-ring (bicyclic) bond motifs is 1. The lowest BCUT2D eigenvalue weighted by atomic mass is 10.1. The van der Waals surface area contributed by atoms with E-state index >= 15 is 0 Å². The molecule has 0 fully saturated rings. The lowest BCUT2D eigenvalue weighted by Gasteiger charge is -1.98. The summed E-state index contributed by atoms with van der Waals surface area (Å²) in [7, 11) is 0. The van der Waals surface area contributed by atoms with E-state index in [0.29, 0.717) is 5.56 Å². The van der Waals surface area contributed by atoms with Crippen LogP contribution in [0.1, 0.15) is 21.6 Å². The van der Waals surface area contributed by atoms with Crippen LogP contribution in [0.5, 0.6) is 5.75 Å². The van der Waals surface area contributed by atoms with Crippen LogP contribution in [0.2, 0.25) is 0 Å². The predicted octanol–water partition coefficient (Wildman–Crippen LogP) is 2.30. The average molecular weight is 189 g/mol. The van der Waals surface area contributed by atoms with Crippen molar-refractivity contribution in [1.82, 2.24) is 4.98 Å². The number of aldehydes is 1. The Morgan fingerprint density at radius 3 is 2.71 bits per heavy atom. The molecule has 3 heteroatoms. The SMILES string of the molecule is Cc1cc2[nH]c(C)c(C=O)c2cc1O. The quantitative estimate of drug-likeness (QED) is 0.676. The van der Waals surface area contributed by atoms with Gasteiger partial charge in [-0.05, 0) is 31.5 Å². The number of phenols is 1. The number of aromatic nitrogens is 1. The van der Waals surface area contributed by atoms with Crippen molar-refractivity contribution in [3.63, 3.8) is 0 Å². The van der Waals surface area contributed by atoms with Gasteiger partial charge >= 0.3 is 0 Å². The van der Waals surface area contributed by atoms with Gasteiger partial charge in [0.25, 0.3) is 0 Å². The molecule has 2 aromatic rings. The number of hydrogen-bond donors (Lipinski definition) is 2. The van der Waals surface area contributed by atoms with Crippen LogP contribution in [0.3, 0.4) is 0 Å². The average Bonchev–Trinajstić information content (AvgIpc) is 2.42. The molecule has 0 spiro atoms. The van der Waals surface area contributed by atoms with E-state index in [1.165, 1.54) is 0 Å². The van der Waals surface area contributed by atoms with E-state index in [1.807, 2.05) is 19.9 Å². The van der Waals surface area contributed by atoms with Gasteiger partial charge in [0.05, 0.1) is 0 Å². The van der Waals surface area contributed by atoms with Crippen molar-refractivity contribution in [2.24, 2.45) is 0 Å². The largest absolute Gasteiger partial charge is 0.508 e. The first-order valence-corrected chi connectivity index (χ1v) is 4.40. The van der Waals surface area contributed by atoms with Crippen molar-refractivity contribution in [2.45, 2.75) is 13.8 Å². The van der Waals surface area contributed by atoms with Gasteiger partial charge in [-0.15, -0.1) is 0 Å². The Morgan fingerprint density at radius 1 is 1.36 bits per heavy atom. The number of aromatic amines is 1. The molecular weight excluding hydrogens is 178 g/mol. The fraction of sp³-hybridized carbons (Fsp3) is 0.182. The first-order chi connectivity index (χ1) is 6.63. The highest BCUT2D eigenvalue weighted by atomic mass is 16.3. The van der Waals surface area contributed by atoms with Crippen molar-refractivity contribution < 1.29 is 9.90 Å². The van der Waals surface area contributed by atoms with Gasteiger partial charge in [0.2, 0.25) is 0 Å². The summed E-state index contributed by atoms with van der Waals surface area (Å²) < 4.78 is 0. The van der Waals surface area contributed by atoms with E-state index < -0.39 is 0 Å². The molecule has 0 bridgehead atoms. The third-order valence-corrected chi connectivity index (χ3v) is 2.47. The van der Waals surface area contributed by atoms with Crippen molar-refractivity contribution >= 4 is 17.2 Å². The number of carbonyl (C=O) groups is 1. The Kier molecular flexibility index (Phi) is 1.81. The molecule has 3 nitrogen and oxygen atoms in total. The summed E-state index contributed by atoms with van der Waals surface area (Å²) in [5.41, 5.74) is 3.14. The van der Waals surface area contributed by atoms with E-state index in [1.54, 1.807) is 6.07 Å². The van der Waals surface area contributed by atoms with Crippen LogP contribution in [0.4, 0.5) is 0 Å². The zero-order chi connectivity index (χ0) is 10.3. The summed E-state index contributed by atoms with van der Waals surface area (Å²) in [5.74, 6) is 0.222. The van der Waals surface area contributed by atoms with Gasteiger partial charge in [0.15, 0.2) is 6.29 Å². The summed E-state index contributed by atoms with van der Waals surface area (Å²) in [5, 5.41) is 10.3. The molecule has 0 amide bonds. The first-order valence-electron chi connectivity index (χ1n) is 4.40. The summed E-state index contributed by atoms with van der Waals surface area (Å²) in [6, 6.07) is 3.46. The summed E-state index contributed by atoms with van der Waals surface area (Å²) in [6.07, 6.45) is 0.808. The monoisotopic (exact) mass is 189 g/mol. The molecule has 2 N–H and O–H groups in total. The fourth-order valence-corrected chi connectivity index (χ4v) is 1.65. The maximum absolute atomic E-state index is 10.8. The molecule has 72 valence electrons. The Hall–Kier alpha value is -1.77. The molecule has 0 radical (unpaired) electrons. The van der Waals surface area contributed by atoms with Gasteiger partial charge in [0.1, 0.15) is 5.75 Å². The minimum atomic E-state index is 0.222. The van der Waals surface area contributed by atoms with Crippen LogP contribution in [-0.2, 0) is 0 Å². The van der Waals surface area contributed by atoms with E-state index in [9.17, 15) is 9.90 Å². The zero-order valence-electron chi connectivity index (χ0n) is 8.09. The molecule has 2 rings (SSSR count). The maximum Gasteiger partial charge on any atom is 0.152 e. The van der Waals surface area contributed by atoms with Crippen molar-refractivity contribution in [1.29, 1.82) is 0 Å². The van der Waals surface area contributed by atoms with Crippen LogP contribution in [-0.4, -0.2) is 16.4 Å². The van der Waals surface area contributed by atoms with Crippen molar-refractivity contribution in [3.05, 3.63) is 29.0 Å². The highest BCUT2D eigenvalue weighted by Gasteiger charge is 2.09. The minimum absolute atomic E-state index is 0.222. The molecule has 1 heterocycles. The van der Waals surface area contributed by atoms with Gasteiger partial charge in [-0.3, -0.25) is 4.79 Å². The Balaban J connectivity index is 2.89. The number of carbonyl (C=O) groups excluding carboxylic acids is 1. The van der Waals surface area contributed by atoms with Crippen LogP contribution >= 0.6 is 0 Å². The first kappa shape index (κ1) is 8.81. The molecule has 0 aliphatic rings. The van der Waals surface area contributed by atoms with Crippen molar-refractivity contribution in [3.8, 4) is 5.75 Å². The molecule has 0 saturated carbocycles. The predicted molar refractivity (Wildman–Crippen MR) is 54.8 cm³/mol. The highest BCUT2D eigenvalue weighted by Crippen LogP contribution is 2.27. The molecule has 0 unspecified atom stereocenters. The van der Waals surface area contributed by atoms with Gasteiger partial charge < -0.3 is 10.1 Å². The molecule has 0 aliphatic carbocycles. The number of benzene rings is 1. The summed E-state index contributed by atoms with van der Waals surface area (Å²) >= 11 is 0. The second kappa shape index (κ2) is 2.87. The van der Waals surface area contributed by atoms with E-state index in [0.717, 1.165) is 28.4 Å². The Labute approximate surface area is 81.4 Å². The number of H-pyrrole nitrogens is 1. The smallest absolute Gasteiger partial charge is 0.152 e. The molecular formula is C11H11NO2. The Bertz CT molecular complexity index is 511. The Morgan fingerprint density at radius 2 is 2.07 bits per heavy atom. The molecule has 0 saturated heterocycles. The van der Waals surface area contributed by atoms with E-state index in [2.05, 4.69) is 4.98 Å². The van der Waals surface area contributed by atoms with E-state index in [-0.39, 0.29) is 5.75 Å². The van der Waals surface area contributed by atoms with E-state index in [4.69, 9.17) is 0 Å². The zero-order valence-corrected chi connectivity index (χ0v) is 8.09. The van der Waals surface area contributed by atoms with Crippen LogP contribution in [0.25, 0.3) is 10.9 Å². The number of nitrogens with one attached hydrogen (secondary N) is 1. The van der Waals surface area contributed by atoms with Crippen LogP contribution in [0, 0.1) is 13.8 Å². The third-order valence-electron chi connectivity index (χ3n) is 2.47. The van der Waals surface area contributed by atoms with Crippen molar-refractivity contribution in [2.75, 3.05) is 0 Å². The highest BCUT2D eigenvalue weighted by molar-refractivity contribution is 5.99. The van der Waals surface area contributed by atoms with Gasteiger partial charge in [-0.2, -0.15) is 0 Å². The summed E-state index contributed by atoms with van der Waals surface area (Å²) in [6.45, 7) is 3.67. The fourth-order valence-electron chi connectivity index (χ4n) is 1.65. The van der Waals surface area contributed by atoms with Gasteiger partial charge in [-0.1, -0.05) is 0 Å². The second-order valence-electron chi connectivity index (χ2n) is 3.47. The molecule has 0 aliphatic heterocycles. The topological polar surface area (TPSA) is 53.1 Å². The lowest BCUT2D eigenvalue weighted by Crippen LogP contribution is -1.80. The van der Waals surface area contributed by atoms with Crippen LogP contribution in [0.15, 0.2) is 12.1 Å². The standard InChI is InChI=1S/C11H11NO2/c1-6-3-10-8(4-11(6)14)9(5-13)7(2)12-10/h3-5,12,14H,1-2H3. The third kappa shape index (κ3) is 1.09. The number of aryl methyl sites for hydroxylation is 2. The molecule has 14 heavy (non-hydrogen) atoms. The maximum atomic E-state index is 10.8. The minimum Gasteiger partial charge on any atom is -0.508 e. The molecule has 1 aromatic heterocycles. The summed E-state index contributed by atoms with van der Waals surface area (Å²) in [4.78, 5) is 13.9. The molecule has 1 aromatic carbocycles. The number of hydrogen-bond acceptors (Lipinski definition) is 2. The van der Waals surface area contributed by atoms with Gasteiger partial charge in [0, 0.05) is 22.2 Å². The lowest BCUT2D eigenvalue weighted by molar-refractivity contribution is 0.112. The number of aromatic hydroxyl groups is 1. The normalized spacial score (nSPS) is 10.7. The van der Waals surface area contributed by atoms with Gasteiger partial charge in [-0.25, -0.2) is 0 Å². The number of rotatable bonds is 1. The number of phenolic OH excluding ortho intramolecular Hbond substituents is 1. The second-order valence-corrected chi connectivity index (χ2v) is 3.47. The molecule has 0 atom stereocenters. The van der Waals surface area contributed by atoms with Crippen LogP contribution < -0.4 is 0 Å².